The van der Waals surface area contributed by atoms with Gasteiger partial charge in [-0.25, -0.2) is 0 Å². The molecule has 1 aromatic rings. The number of anilines is 1. The van der Waals surface area contributed by atoms with Gasteiger partial charge in [0.2, 0.25) is 5.91 Å². The third-order valence-corrected chi connectivity index (χ3v) is 3.07. The Hall–Kier alpha value is -2.37. The number of nitrogens with one attached hydrogen (secondary N) is 1. The molecule has 0 saturated carbocycles. The summed E-state index contributed by atoms with van der Waals surface area (Å²) in [6.07, 6.45) is 1.40. The number of benzene rings is 1. The fourth-order valence-electron chi connectivity index (χ4n) is 1.98. The molecule has 6 heteroatoms. The van der Waals surface area contributed by atoms with Crippen LogP contribution in [0.25, 0.3) is 0 Å². The van der Waals surface area contributed by atoms with Crippen molar-refractivity contribution in [3.8, 4) is 0 Å². The fourth-order valence-corrected chi connectivity index (χ4v) is 1.98. The summed E-state index contributed by atoms with van der Waals surface area (Å²) in [5, 5.41) is 24.1. The second-order valence-electron chi connectivity index (χ2n) is 4.76. The summed E-state index contributed by atoms with van der Waals surface area (Å²) in [6.45, 7) is 1.86. The predicted molar refractivity (Wildman–Crippen MR) is 72.0 cm³/mol. The lowest BCUT2D eigenvalue weighted by atomic mass is 9.98. The lowest BCUT2D eigenvalue weighted by Crippen LogP contribution is -2.32. The lowest BCUT2D eigenvalue weighted by Gasteiger charge is -2.16. The maximum atomic E-state index is 11.7. The average Bonchev–Trinajstić information content (AvgIpc) is 2.43. The Morgan fingerprint density at radius 3 is 2.48 bits per heavy atom. The summed E-state index contributed by atoms with van der Waals surface area (Å²) < 4.78 is 0. The van der Waals surface area contributed by atoms with Crippen LogP contribution in [0.4, 0.5) is 5.69 Å². The number of carboxylic acid groups (broad SMARTS) is 2. The maximum Gasteiger partial charge on any atom is 0.224 e. The first-order chi connectivity index (χ1) is 9.93. The average molecular weight is 291 g/mol. The van der Waals surface area contributed by atoms with Crippen LogP contribution in [0.5, 0.6) is 0 Å². The molecule has 0 aliphatic heterocycles. The zero-order valence-corrected chi connectivity index (χ0v) is 11.8. The summed E-state index contributed by atoms with van der Waals surface area (Å²) in [5.41, 5.74) is 0.300. The molecule has 0 aromatic heterocycles. The van der Waals surface area contributed by atoms with Crippen molar-refractivity contribution in [1.82, 2.24) is 0 Å². The summed E-state index contributed by atoms with van der Waals surface area (Å²) >= 11 is 0. The largest absolute Gasteiger partial charge is 0.550 e. The van der Waals surface area contributed by atoms with E-state index in [1.165, 1.54) is 18.2 Å². The Morgan fingerprint density at radius 2 is 1.90 bits per heavy atom. The normalized spacial score (nSPS) is 11.7. The van der Waals surface area contributed by atoms with Gasteiger partial charge in [-0.05, 0) is 36.5 Å². The highest BCUT2D eigenvalue weighted by atomic mass is 16.4. The number of amides is 1. The summed E-state index contributed by atoms with van der Waals surface area (Å²) in [6, 6.07) is 5.68. The molecule has 0 aliphatic carbocycles. The van der Waals surface area contributed by atoms with E-state index >= 15 is 0 Å². The molecule has 0 unspecified atom stereocenters. The molecule has 0 spiro atoms. The third kappa shape index (κ3) is 5.64. The van der Waals surface area contributed by atoms with E-state index in [0.717, 1.165) is 0 Å². The van der Waals surface area contributed by atoms with Gasteiger partial charge in [-0.15, -0.1) is 0 Å². The van der Waals surface area contributed by atoms with Crippen LogP contribution in [0, 0.1) is 5.92 Å². The summed E-state index contributed by atoms with van der Waals surface area (Å²) in [7, 11) is 0. The van der Waals surface area contributed by atoms with Gasteiger partial charge in [0.15, 0.2) is 0 Å². The Balaban J connectivity index is 2.55. The number of hydrogen-bond acceptors (Lipinski definition) is 5. The van der Waals surface area contributed by atoms with Crippen LogP contribution in [0.1, 0.15) is 43.0 Å². The van der Waals surface area contributed by atoms with E-state index in [1.54, 1.807) is 6.07 Å². The van der Waals surface area contributed by atoms with E-state index in [0.29, 0.717) is 18.5 Å². The monoisotopic (exact) mass is 291 g/mol. The molecule has 1 atom stereocenters. The minimum Gasteiger partial charge on any atom is -0.550 e. The molecule has 0 bridgehead atoms. The van der Waals surface area contributed by atoms with Crippen LogP contribution in [0.15, 0.2) is 24.3 Å². The van der Waals surface area contributed by atoms with E-state index in [1.807, 2.05) is 6.92 Å². The van der Waals surface area contributed by atoms with Gasteiger partial charge in [0.25, 0.3) is 0 Å². The molecule has 0 fully saturated rings. The molecule has 1 rings (SSSR count). The van der Waals surface area contributed by atoms with Crippen LogP contribution in [0.2, 0.25) is 0 Å². The van der Waals surface area contributed by atoms with Gasteiger partial charge in [-0.3, -0.25) is 4.79 Å². The third-order valence-electron chi connectivity index (χ3n) is 3.07. The summed E-state index contributed by atoms with van der Waals surface area (Å²) in [5.74, 6) is -3.49. The Bertz CT molecular complexity index is 527. The van der Waals surface area contributed by atoms with Crippen LogP contribution in [0.3, 0.4) is 0 Å². The van der Waals surface area contributed by atoms with Crippen molar-refractivity contribution in [2.24, 2.45) is 5.92 Å². The van der Waals surface area contributed by atoms with Crippen LogP contribution in [-0.2, 0) is 9.59 Å². The minimum absolute atomic E-state index is 0.0357. The van der Waals surface area contributed by atoms with Crippen LogP contribution < -0.4 is 15.5 Å². The number of aliphatic carboxylic acids is 1. The second kappa shape index (κ2) is 8.04. The number of carboxylic acids is 2. The molecular weight excluding hydrogens is 274 g/mol. The number of rotatable bonds is 8. The first-order valence-corrected chi connectivity index (χ1v) is 6.76. The molecule has 1 amide bonds. The standard InChI is InChI=1S/C15H19NO5/c1-2-4-10(14(18)19)7-8-13(17)16-12-6-3-5-11(9-12)15(20)21/h3,5-6,9-10H,2,4,7-8H2,1H3,(H,16,17)(H,18,19)(H,20,21)/p-2/t10-/m1/s1. The highest BCUT2D eigenvalue weighted by molar-refractivity contribution is 5.93. The second-order valence-corrected chi connectivity index (χ2v) is 4.76. The van der Waals surface area contributed by atoms with E-state index in [9.17, 15) is 24.6 Å². The summed E-state index contributed by atoms with van der Waals surface area (Å²) in [4.78, 5) is 33.3. The molecule has 0 saturated heterocycles. The molecule has 0 radical (unpaired) electrons. The first-order valence-electron chi connectivity index (χ1n) is 6.76. The molecule has 1 N–H and O–H groups in total. The van der Waals surface area contributed by atoms with Gasteiger partial charge in [0.05, 0.1) is 5.97 Å². The predicted octanol–water partition coefficient (Wildman–Crippen LogP) is -0.0650. The minimum atomic E-state index is -1.33. The Kier molecular flexibility index (Phi) is 6.39. The van der Waals surface area contributed by atoms with Gasteiger partial charge in [0.1, 0.15) is 0 Å². The fraction of sp³-hybridized carbons (Fsp3) is 0.400. The topological polar surface area (TPSA) is 109 Å². The molecule has 0 heterocycles. The molecule has 1 aromatic carbocycles. The van der Waals surface area contributed by atoms with Gasteiger partial charge in [0, 0.05) is 18.1 Å². The van der Waals surface area contributed by atoms with Crippen molar-refractivity contribution in [1.29, 1.82) is 0 Å². The van der Waals surface area contributed by atoms with E-state index in [-0.39, 0.29) is 24.3 Å². The van der Waals surface area contributed by atoms with Crippen LogP contribution in [-0.4, -0.2) is 17.8 Å². The smallest absolute Gasteiger partial charge is 0.224 e. The molecule has 114 valence electrons. The first kappa shape index (κ1) is 16.7. The van der Waals surface area contributed by atoms with Gasteiger partial charge in [-0.2, -0.15) is 0 Å². The quantitative estimate of drug-likeness (QED) is 0.721. The number of carbonyl (C=O) groups is 3. The van der Waals surface area contributed by atoms with Gasteiger partial charge in [-0.1, -0.05) is 25.5 Å². The highest BCUT2D eigenvalue weighted by Crippen LogP contribution is 2.15. The lowest BCUT2D eigenvalue weighted by molar-refractivity contribution is -0.312. The zero-order chi connectivity index (χ0) is 15.8. The van der Waals surface area contributed by atoms with Crippen molar-refractivity contribution < 1.29 is 24.6 Å². The van der Waals surface area contributed by atoms with Crippen molar-refractivity contribution in [2.45, 2.75) is 32.6 Å². The maximum absolute atomic E-state index is 11.7. The van der Waals surface area contributed by atoms with Gasteiger partial charge >= 0.3 is 0 Å². The molecule has 21 heavy (non-hydrogen) atoms. The Morgan fingerprint density at radius 1 is 1.19 bits per heavy atom. The van der Waals surface area contributed by atoms with E-state index < -0.39 is 17.9 Å². The molecular formula is C15H17NO5-2. The number of carbonyl (C=O) groups excluding carboxylic acids is 3. The molecule has 0 aliphatic rings. The highest BCUT2D eigenvalue weighted by Gasteiger charge is 2.12. The van der Waals surface area contributed by atoms with Crippen molar-refractivity contribution in [3.63, 3.8) is 0 Å². The Labute approximate surface area is 122 Å². The van der Waals surface area contributed by atoms with Crippen LogP contribution >= 0.6 is 0 Å². The molecule has 6 nitrogen and oxygen atoms in total. The van der Waals surface area contributed by atoms with Crippen molar-refractivity contribution in [2.75, 3.05) is 5.32 Å². The number of hydrogen-bond donors (Lipinski definition) is 1. The SMILES string of the molecule is CCC[C@H](CCC(=O)Nc1cccc(C(=O)[O-])c1)C(=O)[O-]. The zero-order valence-electron chi connectivity index (χ0n) is 11.8. The number of aromatic carboxylic acids is 1. The van der Waals surface area contributed by atoms with Gasteiger partial charge < -0.3 is 25.1 Å². The van der Waals surface area contributed by atoms with E-state index in [2.05, 4.69) is 5.32 Å². The van der Waals surface area contributed by atoms with Crippen molar-refractivity contribution >= 4 is 23.5 Å². The van der Waals surface area contributed by atoms with E-state index in [4.69, 9.17) is 0 Å². The van der Waals surface area contributed by atoms with Crippen molar-refractivity contribution in [3.05, 3.63) is 29.8 Å².